The van der Waals surface area contributed by atoms with E-state index in [0.717, 1.165) is 22.8 Å². The van der Waals surface area contributed by atoms with E-state index in [9.17, 15) is 18.0 Å². The van der Waals surface area contributed by atoms with Crippen molar-refractivity contribution in [1.82, 2.24) is 4.90 Å². The summed E-state index contributed by atoms with van der Waals surface area (Å²) in [6.45, 7) is 8.10. The molecule has 1 atom stereocenters. The fourth-order valence-corrected chi connectivity index (χ4v) is 4.21. The van der Waals surface area contributed by atoms with Gasteiger partial charge < -0.3 is 10.0 Å². The number of halogens is 4. The van der Waals surface area contributed by atoms with Crippen LogP contribution in [-0.2, 0) is 17.5 Å². The number of benzene rings is 2. The molecule has 2 aromatic rings. The first kappa shape index (κ1) is 23.4. The van der Waals surface area contributed by atoms with Crippen molar-refractivity contribution in [3.8, 4) is 0 Å². The van der Waals surface area contributed by atoms with Crippen molar-refractivity contribution in [3.05, 3.63) is 63.7 Å². The second-order valence-electron chi connectivity index (χ2n) is 8.04. The van der Waals surface area contributed by atoms with Crippen LogP contribution >= 0.6 is 11.6 Å². The number of aryl methyl sites for hydroxylation is 1. The number of aliphatic carboxylic acids is 1. The Morgan fingerprint density at radius 2 is 1.94 bits per heavy atom. The molecular formula is C23H26ClF3N2O2. The number of anilines is 1. The Labute approximate surface area is 185 Å². The summed E-state index contributed by atoms with van der Waals surface area (Å²) in [4.78, 5) is 15.0. The minimum absolute atomic E-state index is 0.158. The minimum atomic E-state index is -4.52. The Kier molecular flexibility index (Phi) is 6.86. The fourth-order valence-electron chi connectivity index (χ4n) is 3.99. The predicted molar refractivity (Wildman–Crippen MR) is 115 cm³/mol. The van der Waals surface area contributed by atoms with Gasteiger partial charge in [-0.1, -0.05) is 29.8 Å². The summed E-state index contributed by atoms with van der Waals surface area (Å²) in [6, 6.07) is 9.91. The zero-order valence-electron chi connectivity index (χ0n) is 17.7. The molecule has 0 amide bonds. The molecule has 1 unspecified atom stereocenters. The van der Waals surface area contributed by atoms with Crippen LogP contribution in [0.4, 0.5) is 18.9 Å². The molecule has 1 aliphatic rings. The third kappa shape index (κ3) is 5.15. The molecule has 0 spiro atoms. The lowest BCUT2D eigenvalue weighted by Gasteiger charge is -2.37. The zero-order chi connectivity index (χ0) is 22.9. The first-order valence-corrected chi connectivity index (χ1v) is 10.6. The van der Waals surface area contributed by atoms with E-state index in [-0.39, 0.29) is 17.0 Å². The van der Waals surface area contributed by atoms with Gasteiger partial charge in [0.15, 0.2) is 0 Å². The molecule has 1 aliphatic heterocycles. The van der Waals surface area contributed by atoms with E-state index in [1.54, 1.807) is 6.07 Å². The molecule has 4 nitrogen and oxygen atoms in total. The summed E-state index contributed by atoms with van der Waals surface area (Å²) in [5.74, 6) is -1.08. The average Bonchev–Trinajstić information content (AvgIpc) is 2.66. The number of hydrogen-bond donors (Lipinski definition) is 1. The van der Waals surface area contributed by atoms with E-state index < -0.39 is 17.7 Å². The highest BCUT2D eigenvalue weighted by molar-refractivity contribution is 6.31. The maximum atomic E-state index is 13.3. The van der Waals surface area contributed by atoms with Crippen LogP contribution < -0.4 is 4.90 Å². The maximum Gasteiger partial charge on any atom is 0.417 e. The fraction of sp³-hybridized carbons (Fsp3) is 0.435. The van der Waals surface area contributed by atoms with Crippen LogP contribution in [0.5, 0.6) is 0 Å². The second kappa shape index (κ2) is 9.09. The zero-order valence-corrected chi connectivity index (χ0v) is 18.5. The third-order valence-electron chi connectivity index (χ3n) is 5.95. The smallest absolute Gasteiger partial charge is 0.417 e. The Morgan fingerprint density at radius 1 is 1.26 bits per heavy atom. The molecule has 2 aromatic carbocycles. The van der Waals surface area contributed by atoms with Crippen LogP contribution in [0.15, 0.2) is 36.4 Å². The molecule has 1 fully saturated rings. The molecule has 168 valence electrons. The van der Waals surface area contributed by atoms with Gasteiger partial charge in [-0.05, 0) is 55.7 Å². The van der Waals surface area contributed by atoms with E-state index >= 15 is 0 Å². The van der Waals surface area contributed by atoms with Crippen LogP contribution in [0.1, 0.15) is 42.1 Å². The monoisotopic (exact) mass is 454 g/mol. The van der Waals surface area contributed by atoms with Crippen molar-refractivity contribution < 1.29 is 23.1 Å². The molecule has 8 heteroatoms. The average molecular weight is 455 g/mol. The number of alkyl halides is 3. The Hall–Kier alpha value is -2.25. The molecule has 0 aliphatic carbocycles. The SMILES string of the molecule is CCN(c1ccc(Cl)c(C(F)(F)F)c1)C(C)c1ccc(C)c(CN2CC(C(=O)O)C2)c1. The lowest BCUT2D eigenvalue weighted by molar-refractivity contribution is -0.147. The van der Waals surface area contributed by atoms with Gasteiger partial charge in [0, 0.05) is 31.9 Å². The number of carboxylic acids is 1. The molecular weight excluding hydrogens is 429 g/mol. The molecule has 3 rings (SSSR count). The number of carbonyl (C=O) groups is 1. The van der Waals surface area contributed by atoms with E-state index in [1.807, 2.05) is 37.8 Å². The van der Waals surface area contributed by atoms with E-state index in [2.05, 4.69) is 11.0 Å². The molecule has 1 heterocycles. The lowest BCUT2D eigenvalue weighted by atomic mass is 9.96. The van der Waals surface area contributed by atoms with Crippen molar-refractivity contribution in [3.63, 3.8) is 0 Å². The van der Waals surface area contributed by atoms with Crippen LogP contribution in [0.2, 0.25) is 5.02 Å². The molecule has 0 saturated carbocycles. The quantitative estimate of drug-likeness (QED) is 0.576. The maximum absolute atomic E-state index is 13.3. The van der Waals surface area contributed by atoms with E-state index in [1.165, 1.54) is 6.07 Å². The van der Waals surface area contributed by atoms with Crippen molar-refractivity contribution in [1.29, 1.82) is 0 Å². The predicted octanol–water partition coefficient (Wildman–Crippen LogP) is 5.77. The number of hydrogen-bond acceptors (Lipinski definition) is 3. The summed E-state index contributed by atoms with van der Waals surface area (Å²) in [5, 5.41) is 8.75. The minimum Gasteiger partial charge on any atom is -0.481 e. The standard InChI is InChI=1S/C23H26ClF3N2O2/c1-4-29(19-7-8-21(24)20(10-19)23(25,26)27)15(3)16-6-5-14(2)17(9-16)11-28-12-18(13-28)22(30)31/h5-10,15,18H,4,11-13H2,1-3H3,(H,30,31). The van der Waals surface area contributed by atoms with Crippen molar-refractivity contribution in [2.24, 2.45) is 5.92 Å². The summed E-state index contributed by atoms with van der Waals surface area (Å²) >= 11 is 5.78. The first-order valence-electron chi connectivity index (χ1n) is 10.2. The topological polar surface area (TPSA) is 43.8 Å². The summed E-state index contributed by atoms with van der Waals surface area (Å²) in [7, 11) is 0. The van der Waals surface area contributed by atoms with Gasteiger partial charge >= 0.3 is 12.1 Å². The van der Waals surface area contributed by atoms with Gasteiger partial charge in [-0.25, -0.2) is 0 Å². The number of rotatable bonds is 7. The summed E-state index contributed by atoms with van der Waals surface area (Å²) < 4.78 is 39.9. The van der Waals surface area contributed by atoms with Crippen LogP contribution in [0, 0.1) is 12.8 Å². The second-order valence-corrected chi connectivity index (χ2v) is 8.45. The molecule has 0 aromatic heterocycles. The van der Waals surface area contributed by atoms with E-state index in [0.29, 0.717) is 31.9 Å². The van der Waals surface area contributed by atoms with Gasteiger partial charge in [0.25, 0.3) is 0 Å². The van der Waals surface area contributed by atoms with Gasteiger partial charge in [0.2, 0.25) is 0 Å². The Balaban J connectivity index is 1.83. The Morgan fingerprint density at radius 3 is 2.52 bits per heavy atom. The summed E-state index contributed by atoms with van der Waals surface area (Å²) in [6.07, 6.45) is -4.52. The van der Waals surface area contributed by atoms with Gasteiger partial charge in [0.05, 0.1) is 22.5 Å². The third-order valence-corrected chi connectivity index (χ3v) is 6.28. The number of carboxylic acid groups (broad SMARTS) is 1. The van der Waals surface area contributed by atoms with Crippen LogP contribution in [0.25, 0.3) is 0 Å². The van der Waals surface area contributed by atoms with Gasteiger partial charge in [0.1, 0.15) is 0 Å². The van der Waals surface area contributed by atoms with E-state index in [4.69, 9.17) is 16.7 Å². The molecule has 0 bridgehead atoms. The van der Waals surface area contributed by atoms with Crippen LogP contribution in [0.3, 0.4) is 0 Å². The van der Waals surface area contributed by atoms with Gasteiger partial charge in [-0.3, -0.25) is 9.69 Å². The van der Waals surface area contributed by atoms with Gasteiger partial charge in [-0.2, -0.15) is 13.2 Å². The van der Waals surface area contributed by atoms with Crippen molar-refractivity contribution in [2.45, 2.75) is 39.5 Å². The Bertz CT molecular complexity index is 958. The highest BCUT2D eigenvalue weighted by Gasteiger charge is 2.34. The van der Waals surface area contributed by atoms with Crippen molar-refractivity contribution >= 4 is 23.3 Å². The van der Waals surface area contributed by atoms with Gasteiger partial charge in [-0.15, -0.1) is 0 Å². The molecule has 1 saturated heterocycles. The number of nitrogens with zero attached hydrogens (tertiary/aromatic N) is 2. The summed E-state index contributed by atoms with van der Waals surface area (Å²) in [5.41, 5.74) is 2.80. The lowest BCUT2D eigenvalue weighted by Crippen LogP contribution is -2.49. The molecule has 1 N–H and O–H groups in total. The largest absolute Gasteiger partial charge is 0.481 e. The van der Waals surface area contributed by atoms with Crippen LogP contribution in [-0.4, -0.2) is 35.6 Å². The van der Waals surface area contributed by atoms with Crippen molar-refractivity contribution in [2.75, 3.05) is 24.5 Å². The number of likely N-dealkylation sites (tertiary alicyclic amines) is 1. The highest BCUT2D eigenvalue weighted by atomic mass is 35.5. The molecule has 31 heavy (non-hydrogen) atoms. The first-order chi connectivity index (χ1) is 14.5. The molecule has 0 radical (unpaired) electrons. The normalized spacial score (nSPS) is 16.1. The highest BCUT2D eigenvalue weighted by Crippen LogP contribution is 2.38.